The van der Waals surface area contributed by atoms with Gasteiger partial charge in [-0.3, -0.25) is 4.99 Å². The molecule has 0 unspecified atom stereocenters. The molecule has 0 atom stereocenters. The first kappa shape index (κ1) is 15.7. The molecule has 0 rings (SSSR count). The molecule has 0 aliphatic rings. The van der Waals surface area contributed by atoms with E-state index in [-0.39, 0.29) is 0 Å². The van der Waals surface area contributed by atoms with Crippen molar-refractivity contribution >= 4 is 39.6 Å². The van der Waals surface area contributed by atoms with E-state index in [0.717, 1.165) is 34.0 Å². The van der Waals surface area contributed by atoms with Crippen LogP contribution in [-0.4, -0.2) is 34.6 Å². The summed E-state index contributed by atoms with van der Waals surface area (Å²) in [5, 5.41) is 1.89. The van der Waals surface area contributed by atoms with E-state index in [9.17, 15) is 0 Å². The summed E-state index contributed by atoms with van der Waals surface area (Å²) in [4.78, 5) is 12.9. The molecule has 0 saturated heterocycles. The standard InChI is InChI=1S/C11H21N3S2/c1-6-8-16-11(13-9(3)12-5)14-10(4)15-7-2/h6-8H2,1-5H3. The van der Waals surface area contributed by atoms with Crippen LogP contribution in [0.15, 0.2) is 15.0 Å². The number of hydrogen-bond acceptors (Lipinski definition) is 3. The fourth-order valence-corrected chi connectivity index (χ4v) is 2.26. The van der Waals surface area contributed by atoms with Crippen molar-refractivity contribution in [1.29, 1.82) is 0 Å². The Morgan fingerprint density at radius 2 is 1.75 bits per heavy atom. The predicted octanol–water partition coefficient (Wildman–Crippen LogP) is 3.71. The highest BCUT2D eigenvalue weighted by atomic mass is 32.2. The van der Waals surface area contributed by atoms with Gasteiger partial charge in [-0.1, -0.05) is 25.6 Å². The molecular weight excluding hydrogens is 238 g/mol. The molecule has 0 fully saturated rings. The Hall–Kier alpha value is -0.290. The number of nitrogens with zero attached hydrogens (tertiary/aromatic N) is 3. The number of thioether (sulfide) groups is 2. The fourth-order valence-electron chi connectivity index (χ4n) is 0.847. The van der Waals surface area contributed by atoms with Crippen LogP contribution >= 0.6 is 23.5 Å². The van der Waals surface area contributed by atoms with E-state index in [2.05, 4.69) is 28.8 Å². The summed E-state index contributed by atoms with van der Waals surface area (Å²) in [6.07, 6.45) is 1.13. The quantitative estimate of drug-likeness (QED) is 0.572. The Labute approximate surface area is 107 Å². The first-order valence-electron chi connectivity index (χ1n) is 5.47. The molecule has 0 radical (unpaired) electrons. The van der Waals surface area contributed by atoms with Gasteiger partial charge in [0.1, 0.15) is 5.84 Å². The van der Waals surface area contributed by atoms with Crippen LogP contribution in [0.5, 0.6) is 0 Å². The van der Waals surface area contributed by atoms with Crippen LogP contribution < -0.4 is 0 Å². The fraction of sp³-hybridized carbons (Fsp3) is 0.727. The van der Waals surface area contributed by atoms with Crippen molar-refractivity contribution in [2.75, 3.05) is 18.6 Å². The molecule has 0 bridgehead atoms. The number of rotatable bonds is 3. The van der Waals surface area contributed by atoms with Gasteiger partial charge in [0.15, 0.2) is 5.17 Å². The minimum Gasteiger partial charge on any atom is -0.274 e. The Kier molecular flexibility index (Phi) is 9.72. The lowest BCUT2D eigenvalue weighted by Gasteiger charge is -2.02. The molecular formula is C11H21N3S2. The highest BCUT2D eigenvalue weighted by molar-refractivity contribution is 8.15. The SMILES string of the molecule is CCCSC(N=C(C)SCC)=NC(C)=NC. The first-order chi connectivity index (χ1) is 7.63. The van der Waals surface area contributed by atoms with Crippen molar-refractivity contribution in [3.8, 4) is 0 Å². The normalized spacial score (nSPS) is 14.4. The van der Waals surface area contributed by atoms with Gasteiger partial charge in [-0.25, -0.2) is 9.98 Å². The smallest absolute Gasteiger partial charge is 0.189 e. The average Bonchev–Trinajstić information content (AvgIpc) is 2.26. The minimum absolute atomic E-state index is 0.775. The van der Waals surface area contributed by atoms with Crippen LogP contribution in [0.4, 0.5) is 0 Å². The third kappa shape index (κ3) is 7.93. The van der Waals surface area contributed by atoms with Crippen molar-refractivity contribution in [2.24, 2.45) is 15.0 Å². The maximum atomic E-state index is 4.50. The molecule has 16 heavy (non-hydrogen) atoms. The third-order valence-electron chi connectivity index (χ3n) is 1.62. The lowest BCUT2D eigenvalue weighted by Crippen LogP contribution is -1.98. The van der Waals surface area contributed by atoms with Gasteiger partial charge in [0.2, 0.25) is 0 Å². The van der Waals surface area contributed by atoms with Crippen molar-refractivity contribution in [2.45, 2.75) is 34.1 Å². The summed E-state index contributed by atoms with van der Waals surface area (Å²) in [6, 6.07) is 0. The predicted molar refractivity (Wildman–Crippen MR) is 80.5 cm³/mol. The summed E-state index contributed by atoms with van der Waals surface area (Å²) < 4.78 is 0. The second-order valence-corrected chi connectivity index (χ2v) is 5.60. The van der Waals surface area contributed by atoms with Gasteiger partial charge in [0.25, 0.3) is 0 Å². The molecule has 0 heterocycles. The van der Waals surface area contributed by atoms with E-state index in [1.165, 1.54) is 0 Å². The Morgan fingerprint density at radius 1 is 1.06 bits per heavy atom. The van der Waals surface area contributed by atoms with E-state index in [4.69, 9.17) is 0 Å². The average molecular weight is 259 g/mol. The number of amidine groups is 2. The second kappa shape index (κ2) is 9.90. The van der Waals surface area contributed by atoms with Crippen molar-refractivity contribution in [3.63, 3.8) is 0 Å². The van der Waals surface area contributed by atoms with Crippen molar-refractivity contribution < 1.29 is 0 Å². The van der Waals surface area contributed by atoms with E-state index in [1.807, 2.05) is 13.8 Å². The zero-order chi connectivity index (χ0) is 12.4. The zero-order valence-electron chi connectivity index (χ0n) is 10.8. The second-order valence-electron chi connectivity index (χ2n) is 3.08. The summed E-state index contributed by atoms with van der Waals surface area (Å²) >= 11 is 3.43. The van der Waals surface area contributed by atoms with Gasteiger partial charge in [0, 0.05) is 12.8 Å². The van der Waals surface area contributed by atoms with E-state index < -0.39 is 0 Å². The van der Waals surface area contributed by atoms with Crippen LogP contribution in [-0.2, 0) is 0 Å². The molecule has 0 amide bonds. The summed E-state index contributed by atoms with van der Waals surface area (Å²) in [5.74, 6) is 2.86. The van der Waals surface area contributed by atoms with Crippen LogP contribution in [0.2, 0.25) is 0 Å². The van der Waals surface area contributed by atoms with E-state index in [0.29, 0.717) is 0 Å². The molecule has 92 valence electrons. The van der Waals surface area contributed by atoms with Gasteiger partial charge < -0.3 is 0 Å². The maximum Gasteiger partial charge on any atom is 0.189 e. The molecule has 0 saturated carbocycles. The number of aliphatic imine (C=N–C) groups is 3. The minimum atomic E-state index is 0.775. The highest BCUT2D eigenvalue weighted by Crippen LogP contribution is 2.11. The van der Waals surface area contributed by atoms with Gasteiger partial charge >= 0.3 is 0 Å². The summed E-state index contributed by atoms with van der Waals surface area (Å²) in [6.45, 7) is 8.19. The number of hydrogen-bond donors (Lipinski definition) is 0. The van der Waals surface area contributed by atoms with Gasteiger partial charge in [-0.2, -0.15) is 0 Å². The third-order valence-corrected chi connectivity index (χ3v) is 3.47. The van der Waals surface area contributed by atoms with Crippen LogP contribution in [0.3, 0.4) is 0 Å². The molecule has 5 heteroatoms. The molecule has 0 aliphatic heterocycles. The van der Waals surface area contributed by atoms with Gasteiger partial charge in [0.05, 0.1) is 5.04 Å². The molecule has 0 aromatic carbocycles. The molecule has 0 aliphatic carbocycles. The van der Waals surface area contributed by atoms with E-state index >= 15 is 0 Å². The van der Waals surface area contributed by atoms with Crippen molar-refractivity contribution in [3.05, 3.63) is 0 Å². The maximum absolute atomic E-state index is 4.50. The molecule has 0 aromatic heterocycles. The Balaban J connectivity index is 4.66. The molecule has 0 spiro atoms. The van der Waals surface area contributed by atoms with Crippen LogP contribution in [0, 0.1) is 0 Å². The topological polar surface area (TPSA) is 37.1 Å². The lowest BCUT2D eigenvalue weighted by molar-refractivity contribution is 1.11. The largest absolute Gasteiger partial charge is 0.274 e. The Morgan fingerprint density at radius 3 is 2.25 bits per heavy atom. The van der Waals surface area contributed by atoms with E-state index in [1.54, 1.807) is 30.6 Å². The monoisotopic (exact) mass is 259 g/mol. The van der Waals surface area contributed by atoms with Crippen LogP contribution in [0.1, 0.15) is 34.1 Å². The lowest BCUT2D eigenvalue weighted by atomic mass is 10.6. The Bertz CT molecular complexity index is 283. The molecule has 0 N–H and O–H groups in total. The summed E-state index contributed by atoms with van der Waals surface area (Å²) in [7, 11) is 1.75. The van der Waals surface area contributed by atoms with Gasteiger partial charge in [-0.15, -0.1) is 11.8 Å². The molecule has 3 nitrogen and oxygen atoms in total. The first-order valence-corrected chi connectivity index (χ1v) is 7.44. The van der Waals surface area contributed by atoms with Crippen molar-refractivity contribution in [1.82, 2.24) is 0 Å². The zero-order valence-corrected chi connectivity index (χ0v) is 12.4. The summed E-state index contributed by atoms with van der Waals surface area (Å²) in [5.41, 5.74) is 0. The van der Waals surface area contributed by atoms with Gasteiger partial charge in [-0.05, 0) is 26.0 Å². The molecule has 0 aromatic rings. The highest BCUT2D eigenvalue weighted by Gasteiger charge is 2.00. The van der Waals surface area contributed by atoms with Crippen LogP contribution in [0.25, 0.3) is 0 Å².